The number of aromatic nitrogens is 2. The standard InChI is InChI=1S/C21H25N5O4S/c1-3-25-19-9-5-4-8-17(19)23-21(25)15(2)22-18-11-10-16(26(27)28)14-20(18)31(29,30)24-12-6-7-13-24/h4-5,8-11,14-15,22H,3,6-7,12-13H2,1-2H3. The van der Waals surface area contributed by atoms with E-state index in [0.29, 0.717) is 25.3 Å². The van der Waals surface area contributed by atoms with E-state index < -0.39 is 14.9 Å². The van der Waals surface area contributed by atoms with Crippen molar-refractivity contribution < 1.29 is 13.3 Å². The lowest BCUT2D eigenvalue weighted by atomic mass is 10.2. The second-order valence-corrected chi connectivity index (χ2v) is 9.52. The second kappa shape index (κ2) is 8.27. The van der Waals surface area contributed by atoms with Crippen LogP contribution >= 0.6 is 0 Å². The molecule has 0 aliphatic carbocycles. The third-order valence-corrected chi connectivity index (χ3v) is 7.56. The van der Waals surface area contributed by atoms with Crippen molar-refractivity contribution in [3.8, 4) is 0 Å². The van der Waals surface area contributed by atoms with E-state index in [0.717, 1.165) is 35.8 Å². The molecular formula is C21H25N5O4S. The Morgan fingerprint density at radius 3 is 2.58 bits per heavy atom. The average Bonchev–Trinajstić information content (AvgIpc) is 3.42. The summed E-state index contributed by atoms with van der Waals surface area (Å²) in [4.78, 5) is 15.4. The predicted molar refractivity (Wildman–Crippen MR) is 119 cm³/mol. The van der Waals surface area contributed by atoms with Crippen molar-refractivity contribution in [1.82, 2.24) is 13.9 Å². The van der Waals surface area contributed by atoms with Crippen molar-refractivity contribution in [3.05, 3.63) is 58.4 Å². The second-order valence-electron chi connectivity index (χ2n) is 7.62. The Kier molecular flexibility index (Phi) is 5.67. The molecule has 0 bridgehead atoms. The van der Waals surface area contributed by atoms with Crippen LogP contribution < -0.4 is 5.32 Å². The number of nitrogens with one attached hydrogen (secondary N) is 1. The molecule has 1 atom stereocenters. The summed E-state index contributed by atoms with van der Waals surface area (Å²) in [6.07, 6.45) is 1.57. The van der Waals surface area contributed by atoms with E-state index in [1.54, 1.807) is 0 Å². The molecule has 9 nitrogen and oxygen atoms in total. The summed E-state index contributed by atoms with van der Waals surface area (Å²) in [5.41, 5.74) is 1.94. The van der Waals surface area contributed by atoms with Gasteiger partial charge in [-0.15, -0.1) is 0 Å². The zero-order valence-electron chi connectivity index (χ0n) is 17.5. The van der Waals surface area contributed by atoms with Crippen LogP contribution in [0.4, 0.5) is 11.4 Å². The van der Waals surface area contributed by atoms with Crippen LogP contribution in [0.2, 0.25) is 0 Å². The van der Waals surface area contributed by atoms with Gasteiger partial charge >= 0.3 is 0 Å². The number of nitro groups is 1. The highest BCUT2D eigenvalue weighted by Crippen LogP contribution is 2.33. The molecule has 0 spiro atoms. The minimum Gasteiger partial charge on any atom is -0.374 e. The van der Waals surface area contributed by atoms with E-state index in [1.165, 1.54) is 16.4 Å². The summed E-state index contributed by atoms with van der Waals surface area (Å²) in [7, 11) is -3.85. The van der Waals surface area contributed by atoms with Crippen LogP contribution in [0.1, 0.15) is 38.6 Å². The Balaban J connectivity index is 1.75. The normalized spacial score (nSPS) is 15.9. The number of aryl methyl sites for hydroxylation is 1. The summed E-state index contributed by atoms with van der Waals surface area (Å²) in [6, 6.07) is 11.4. The van der Waals surface area contributed by atoms with Gasteiger partial charge in [-0.1, -0.05) is 12.1 Å². The van der Waals surface area contributed by atoms with Crippen LogP contribution in [-0.4, -0.2) is 40.3 Å². The van der Waals surface area contributed by atoms with Gasteiger partial charge in [0.1, 0.15) is 10.7 Å². The summed E-state index contributed by atoms with van der Waals surface area (Å²) < 4.78 is 30.0. The fourth-order valence-electron chi connectivity index (χ4n) is 4.08. The lowest BCUT2D eigenvalue weighted by Gasteiger charge is -2.21. The number of hydrogen-bond donors (Lipinski definition) is 1. The molecule has 2 aromatic carbocycles. The van der Waals surface area contributed by atoms with Crippen molar-refractivity contribution in [2.24, 2.45) is 0 Å². The van der Waals surface area contributed by atoms with E-state index in [2.05, 4.69) is 9.88 Å². The number of rotatable bonds is 7. The quantitative estimate of drug-likeness (QED) is 0.438. The Morgan fingerprint density at radius 2 is 1.90 bits per heavy atom. The van der Waals surface area contributed by atoms with Crippen LogP contribution in [0.3, 0.4) is 0 Å². The van der Waals surface area contributed by atoms with Crippen LogP contribution in [0.15, 0.2) is 47.4 Å². The molecule has 0 radical (unpaired) electrons. The van der Waals surface area contributed by atoms with Gasteiger partial charge in [0.15, 0.2) is 0 Å². The number of benzene rings is 2. The predicted octanol–water partition coefficient (Wildman–Crippen LogP) is 3.92. The van der Waals surface area contributed by atoms with E-state index in [1.807, 2.05) is 38.1 Å². The third-order valence-electron chi connectivity index (χ3n) is 5.62. The smallest absolute Gasteiger partial charge is 0.270 e. The van der Waals surface area contributed by atoms with Crippen molar-refractivity contribution in [2.45, 2.75) is 44.2 Å². The molecule has 1 saturated heterocycles. The van der Waals surface area contributed by atoms with Crippen molar-refractivity contribution >= 4 is 32.4 Å². The van der Waals surface area contributed by atoms with Crippen LogP contribution in [-0.2, 0) is 16.6 Å². The molecule has 10 heteroatoms. The first-order valence-corrected chi connectivity index (χ1v) is 11.8. The van der Waals surface area contributed by atoms with Crippen LogP contribution in [0.25, 0.3) is 11.0 Å². The molecule has 0 amide bonds. The highest BCUT2D eigenvalue weighted by atomic mass is 32.2. The molecule has 1 unspecified atom stereocenters. The highest BCUT2D eigenvalue weighted by molar-refractivity contribution is 7.89. The van der Waals surface area contributed by atoms with Gasteiger partial charge in [0, 0.05) is 31.8 Å². The molecule has 1 N–H and O–H groups in total. The average molecular weight is 444 g/mol. The number of nitrogens with zero attached hydrogens (tertiary/aromatic N) is 4. The number of anilines is 1. The molecule has 1 aliphatic heterocycles. The minimum atomic E-state index is -3.85. The third kappa shape index (κ3) is 3.88. The Hall–Kier alpha value is -2.98. The van der Waals surface area contributed by atoms with Gasteiger partial charge in [0.25, 0.3) is 5.69 Å². The lowest BCUT2D eigenvalue weighted by molar-refractivity contribution is -0.385. The number of nitro benzene ring substituents is 1. The first kappa shape index (κ1) is 21.3. The molecule has 1 fully saturated rings. The van der Waals surface area contributed by atoms with Gasteiger partial charge < -0.3 is 9.88 Å². The number of sulfonamides is 1. The largest absolute Gasteiger partial charge is 0.374 e. The van der Waals surface area contributed by atoms with Crippen molar-refractivity contribution in [2.75, 3.05) is 18.4 Å². The molecule has 0 saturated carbocycles. The number of non-ortho nitro benzene ring substituents is 1. The first-order chi connectivity index (χ1) is 14.8. The fraction of sp³-hybridized carbons (Fsp3) is 0.381. The van der Waals surface area contributed by atoms with Gasteiger partial charge in [-0.3, -0.25) is 10.1 Å². The molecule has 1 aromatic heterocycles. The van der Waals surface area contributed by atoms with Gasteiger partial charge in [-0.05, 0) is 44.9 Å². The van der Waals surface area contributed by atoms with E-state index >= 15 is 0 Å². The number of para-hydroxylation sites is 2. The van der Waals surface area contributed by atoms with Gasteiger partial charge in [-0.25, -0.2) is 13.4 Å². The summed E-state index contributed by atoms with van der Waals surface area (Å²) >= 11 is 0. The van der Waals surface area contributed by atoms with Crippen LogP contribution in [0, 0.1) is 10.1 Å². The molecular weight excluding hydrogens is 418 g/mol. The Labute approximate surface area is 180 Å². The van der Waals surface area contributed by atoms with E-state index in [9.17, 15) is 18.5 Å². The summed E-state index contributed by atoms with van der Waals surface area (Å²) in [5.74, 6) is 0.770. The van der Waals surface area contributed by atoms with Gasteiger partial charge in [0.2, 0.25) is 10.0 Å². The number of fused-ring (bicyclic) bond motifs is 1. The van der Waals surface area contributed by atoms with Crippen molar-refractivity contribution in [3.63, 3.8) is 0 Å². The minimum absolute atomic E-state index is 0.0744. The van der Waals surface area contributed by atoms with E-state index in [4.69, 9.17) is 4.98 Å². The number of imidazole rings is 1. The van der Waals surface area contributed by atoms with Gasteiger partial charge in [0.05, 0.1) is 27.7 Å². The van der Waals surface area contributed by atoms with E-state index in [-0.39, 0.29) is 16.6 Å². The maximum atomic E-state index is 13.3. The maximum Gasteiger partial charge on any atom is 0.270 e. The maximum absolute atomic E-state index is 13.3. The molecule has 31 heavy (non-hydrogen) atoms. The monoisotopic (exact) mass is 443 g/mol. The molecule has 164 valence electrons. The fourth-order valence-corrected chi connectivity index (χ4v) is 5.77. The zero-order chi connectivity index (χ0) is 22.2. The highest BCUT2D eigenvalue weighted by Gasteiger charge is 2.31. The molecule has 4 rings (SSSR count). The Bertz CT molecular complexity index is 1230. The lowest BCUT2D eigenvalue weighted by Crippen LogP contribution is -2.29. The molecule has 1 aliphatic rings. The topological polar surface area (TPSA) is 110 Å². The molecule has 3 aromatic rings. The summed E-state index contributed by atoms with van der Waals surface area (Å²) in [6.45, 7) is 5.48. The van der Waals surface area contributed by atoms with Crippen LogP contribution in [0.5, 0.6) is 0 Å². The zero-order valence-corrected chi connectivity index (χ0v) is 18.3. The number of hydrogen-bond acceptors (Lipinski definition) is 6. The SMILES string of the molecule is CCn1c(C(C)Nc2ccc([N+](=O)[O-])cc2S(=O)(=O)N2CCCC2)nc2ccccc21. The van der Waals surface area contributed by atoms with Gasteiger partial charge in [-0.2, -0.15) is 4.31 Å². The van der Waals surface area contributed by atoms with Crippen molar-refractivity contribution in [1.29, 1.82) is 0 Å². The summed E-state index contributed by atoms with van der Waals surface area (Å²) in [5, 5.41) is 14.5. The Morgan fingerprint density at radius 1 is 1.19 bits per heavy atom. The first-order valence-electron chi connectivity index (χ1n) is 10.3. The molecule has 2 heterocycles.